The molecular weight excluding hydrogens is 205 g/mol. The molecule has 1 aromatic carbocycles. The predicted octanol–water partition coefficient (Wildman–Crippen LogP) is 2.34. The summed E-state index contributed by atoms with van der Waals surface area (Å²) in [4.78, 5) is 0. The average molecular weight is 219 g/mol. The summed E-state index contributed by atoms with van der Waals surface area (Å²) < 4.78 is 15.3. The van der Waals surface area contributed by atoms with Gasteiger partial charge in [-0.05, 0) is 31.5 Å². The van der Waals surface area contributed by atoms with Crippen LogP contribution in [0.25, 0.3) is 5.69 Å². The number of hydrogen-bond donors (Lipinski definition) is 1. The first-order valence-corrected chi connectivity index (χ1v) is 5.16. The third-order valence-electron chi connectivity index (χ3n) is 2.46. The summed E-state index contributed by atoms with van der Waals surface area (Å²) in [5, 5.41) is 4.21. The van der Waals surface area contributed by atoms with Gasteiger partial charge in [-0.15, -0.1) is 0 Å². The molecule has 0 saturated heterocycles. The van der Waals surface area contributed by atoms with Gasteiger partial charge in [-0.2, -0.15) is 5.10 Å². The normalized spacial score (nSPS) is 12.8. The molecule has 1 aromatic heterocycles. The lowest BCUT2D eigenvalue weighted by atomic mass is 10.1. The number of benzene rings is 1. The Kier molecular flexibility index (Phi) is 2.75. The Labute approximate surface area is 93.7 Å². The quantitative estimate of drug-likeness (QED) is 0.842. The van der Waals surface area contributed by atoms with Crippen molar-refractivity contribution in [2.45, 2.75) is 19.9 Å². The van der Waals surface area contributed by atoms with Crippen molar-refractivity contribution >= 4 is 0 Å². The third-order valence-corrected chi connectivity index (χ3v) is 2.46. The van der Waals surface area contributed by atoms with Gasteiger partial charge in [0.1, 0.15) is 11.5 Å². The second kappa shape index (κ2) is 4.06. The fraction of sp³-hybridized carbons (Fsp3) is 0.250. The van der Waals surface area contributed by atoms with Crippen molar-refractivity contribution in [3.8, 4) is 5.69 Å². The van der Waals surface area contributed by atoms with Crippen molar-refractivity contribution in [2.75, 3.05) is 0 Å². The zero-order chi connectivity index (χ0) is 11.7. The standard InChI is InChI=1S/C12H14FN3/c1-8-6-7-16(15-8)12-10(9(2)14)4-3-5-11(12)13/h3-7,9H,14H2,1-2H3/t9-/m1/s1. The topological polar surface area (TPSA) is 43.8 Å². The Hall–Kier alpha value is -1.68. The molecule has 0 aliphatic heterocycles. The van der Waals surface area contributed by atoms with E-state index in [4.69, 9.17) is 5.73 Å². The van der Waals surface area contributed by atoms with Crippen LogP contribution in [-0.4, -0.2) is 9.78 Å². The maximum Gasteiger partial charge on any atom is 0.149 e. The molecule has 0 aliphatic rings. The number of aromatic nitrogens is 2. The number of aryl methyl sites for hydroxylation is 1. The first-order chi connectivity index (χ1) is 7.59. The van der Waals surface area contributed by atoms with Crippen LogP contribution >= 0.6 is 0 Å². The SMILES string of the molecule is Cc1ccn(-c2c(F)cccc2[C@@H](C)N)n1. The van der Waals surface area contributed by atoms with E-state index in [1.165, 1.54) is 10.7 Å². The zero-order valence-corrected chi connectivity index (χ0v) is 9.31. The fourth-order valence-corrected chi connectivity index (χ4v) is 1.68. The smallest absolute Gasteiger partial charge is 0.149 e. The van der Waals surface area contributed by atoms with Gasteiger partial charge in [0.2, 0.25) is 0 Å². The van der Waals surface area contributed by atoms with E-state index >= 15 is 0 Å². The molecule has 0 bridgehead atoms. The first kappa shape index (κ1) is 10.8. The molecule has 2 N–H and O–H groups in total. The van der Waals surface area contributed by atoms with Gasteiger partial charge in [0, 0.05) is 12.2 Å². The summed E-state index contributed by atoms with van der Waals surface area (Å²) in [7, 11) is 0. The van der Waals surface area contributed by atoms with Crippen LogP contribution in [0.5, 0.6) is 0 Å². The number of halogens is 1. The Morgan fingerprint density at radius 3 is 2.69 bits per heavy atom. The van der Waals surface area contributed by atoms with Crippen LogP contribution in [0.1, 0.15) is 24.2 Å². The van der Waals surface area contributed by atoms with Crippen LogP contribution in [-0.2, 0) is 0 Å². The molecule has 16 heavy (non-hydrogen) atoms. The third kappa shape index (κ3) is 1.84. The fourth-order valence-electron chi connectivity index (χ4n) is 1.68. The minimum Gasteiger partial charge on any atom is -0.324 e. The Bertz CT molecular complexity index is 503. The van der Waals surface area contributed by atoms with E-state index in [2.05, 4.69) is 5.10 Å². The Morgan fingerprint density at radius 1 is 1.38 bits per heavy atom. The molecule has 84 valence electrons. The summed E-state index contributed by atoms with van der Waals surface area (Å²) in [5.41, 5.74) is 7.85. The second-order valence-electron chi connectivity index (χ2n) is 3.87. The molecule has 2 rings (SSSR count). The van der Waals surface area contributed by atoms with Crippen molar-refractivity contribution in [1.29, 1.82) is 0 Å². The predicted molar refractivity (Wildman–Crippen MR) is 60.9 cm³/mol. The van der Waals surface area contributed by atoms with Crippen LogP contribution in [0.15, 0.2) is 30.5 Å². The largest absolute Gasteiger partial charge is 0.324 e. The average Bonchev–Trinajstić information content (AvgIpc) is 2.64. The zero-order valence-electron chi connectivity index (χ0n) is 9.31. The maximum absolute atomic E-state index is 13.8. The van der Waals surface area contributed by atoms with E-state index in [1.807, 2.05) is 26.0 Å². The highest BCUT2D eigenvalue weighted by atomic mass is 19.1. The number of hydrogen-bond acceptors (Lipinski definition) is 2. The van der Waals surface area contributed by atoms with E-state index in [1.54, 1.807) is 12.3 Å². The molecule has 0 spiro atoms. The number of para-hydroxylation sites is 1. The highest BCUT2D eigenvalue weighted by molar-refractivity contribution is 5.43. The van der Waals surface area contributed by atoms with Gasteiger partial charge in [-0.1, -0.05) is 12.1 Å². The number of rotatable bonds is 2. The summed E-state index contributed by atoms with van der Waals surface area (Å²) in [6.07, 6.45) is 1.74. The molecule has 1 heterocycles. The van der Waals surface area contributed by atoms with E-state index < -0.39 is 0 Å². The van der Waals surface area contributed by atoms with Crippen LogP contribution in [0.3, 0.4) is 0 Å². The lowest BCUT2D eigenvalue weighted by Crippen LogP contribution is -2.11. The second-order valence-corrected chi connectivity index (χ2v) is 3.87. The van der Waals surface area contributed by atoms with Gasteiger partial charge in [0.05, 0.1) is 5.69 Å². The minimum absolute atomic E-state index is 0.227. The first-order valence-electron chi connectivity index (χ1n) is 5.16. The molecule has 0 radical (unpaired) electrons. The lowest BCUT2D eigenvalue weighted by molar-refractivity contribution is 0.602. The van der Waals surface area contributed by atoms with Gasteiger partial charge >= 0.3 is 0 Å². The molecule has 3 nitrogen and oxygen atoms in total. The van der Waals surface area contributed by atoms with Crippen molar-refractivity contribution in [1.82, 2.24) is 9.78 Å². The highest BCUT2D eigenvalue weighted by Gasteiger charge is 2.13. The van der Waals surface area contributed by atoms with Crippen LogP contribution in [0.2, 0.25) is 0 Å². The maximum atomic E-state index is 13.8. The monoisotopic (exact) mass is 219 g/mol. The molecule has 0 aliphatic carbocycles. The van der Waals surface area contributed by atoms with Gasteiger partial charge in [-0.3, -0.25) is 0 Å². The van der Waals surface area contributed by atoms with Crippen LogP contribution < -0.4 is 5.73 Å². The van der Waals surface area contributed by atoms with Gasteiger partial charge < -0.3 is 5.73 Å². The summed E-state index contributed by atoms with van der Waals surface area (Å²) in [6.45, 7) is 3.69. The van der Waals surface area contributed by atoms with Gasteiger partial charge in [0.25, 0.3) is 0 Å². The molecule has 0 saturated carbocycles. The molecule has 0 fully saturated rings. The summed E-state index contributed by atoms with van der Waals surface area (Å²) in [5.74, 6) is -0.307. The van der Waals surface area contributed by atoms with Crippen molar-refractivity contribution in [3.63, 3.8) is 0 Å². The molecule has 0 amide bonds. The van der Waals surface area contributed by atoms with E-state index in [0.29, 0.717) is 5.69 Å². The van der Waals surface area contributed by atoms with Gasteiger partial charge in [-0.25, -0.2) is 9.07 Å². The Morgan fingerprint density at radius 2 is 2.12 bits per heavy atom. The van der Waals surface area contributed by atoms with Crippen molar-refractivity contribution in [3.05, 3.63) is 47.5 Å². The van der Waals surface area contributed by atoms with E-state index in [-0.39, 0.29) is 11.9 Å². The van der Waals surface area contributed by atoms with E-state index in [0.717, 1.165) is 11.3 Å². The molecule has 4 heteroatoms. The van der Waals surface area contributed by atoms with Gasteiger partial charge in [0.15, 0.2) is 0 Å². The molecule has 2 aromatic rings. The molecule has 0 unspecified atom stereocenters. The van der Waals surface area contributed by atoms with E-state index in [9.17, 15) is 4.39 Å². The summed E-state index contributed by atoms with van der Waals surface area (Å²) in [6, 6.07) is 6.50. The highest BCUT2D eigenvalue weighted by Crippen LogP contribution is 2.22. The van der Waals surface area contributed by atoms with Crippen molar-refractivity contribution in [2.24, 2.45) is 5.73 Å². The number of nitrogens with two attached hydrogens (primary N) is 1. The molecular formula is C12H14FN3. The summed E-state index contributed by atoms with van der Waals surface area (Å²) >= 11 is 0. The Balaban J connectivity index is 2.62. The van der Waals surface area contributed by atoms with Crippen LogP contribution in [0, 0.1) is 12.7 Å². The minimum atomic E-state index is -0.307. The van der Waals surface area contributed by atoms with Crippen molar-refractivity contribution < 1.29 is 4.39 Å². The van der Waals surface area contributed by atoms with Crippen LogP contribution in [0.4, 0.5) is 4.39 Å². The lowest BCUT2D eigenvalue weighted by Gasteiger charge is -2.13. The molecule has 1 atom stereocenters. The number of nitrogens with zero attached hydrogens (tertiary/aromatic N) is 2.